The molecule has 0 saturated carbocycles. The second-order valence-electron chi connectivity index (χ2n) is 6.33. The van der Waals surface area contributed by atoms with Crippen LogP contribution in [-0.2, 0) is 13.0 Å². The Labute approximate surface area is 163 Å². The van der Waals surface area contributed by atoms with Crippen LogP contribution in [0.3, 0.4) is 0 Å². The minimum absolute atomic E-state index is 0.137. The molecule has 0 saturated heterocycles. The molecule has 0 radical (unpaired) electrons. The number of benzene rings is 1. The van der Waals surface area contributed by atoms with Crippen LogP contribution in [0.4, 0.5) is 5.82 Å². The van der Waals surface area contributed by atoms with Gasteiger partial charge >= 0.3 is 0 Å². The monoisotopic (exact) mass is 380 g/mol. The summed E-state index contributed by atoms with van der Waals surface area (Å²) in [5.74, 6) is 1.82. The van der Waals surface area contributed by atoms with Gasteiger partial charge in [-0.05, 0) is 37.6 Å². The molecular weight excluding hydrogens is 356 g/mol. The van der Waals surface area contributed by atoms with Gasteiger partial charge < -0.3 is 20.4 Å². The summed E-state index contributed by atoms with van der Waals surface area (Å²) in [7, 11) is 1.60. The summed E-state index contributed by atoms with van der Waals surface area (Å²) >= 11 is 0. The van der Waals surface area contributed by atoms with Crippen molar-refractivity contribution < 1.29 is 9.53 Å². The molecule has 8 nitrogen and oxygen atoms in total. The van der Waals surface area contributed by atoms with Crippen LogP contribution in [0.15, 0.2) is 36.7 Å². The van der Waals surface area contributed by atoms with Crippen LogP contribution in [0.5, 0.6) is 5.75 Å². The Morgan fingerprint density at radius 3 is 2.71 bits per heavy atom. The van der Waals surface area contributed by atoms with E-state index in [2.05, 4.69) is 20.5 Å². The molecule has 3 rings (SSSR count). The van der Waals surface area contributed by atoms with Gasteiger partial charge in [0, 0.05) is 30.6 Å². The van der Waals surface area contributed by atoms with Gasteiger partial charge in [0.25, 0.3) is 5.91 Å². The van der Waals surface area contributed by atoms with Gasteiger partial charge in [-0.2, -0.15) is 0 Å². The molecule has 2 aromatic heterocycles. The van der Waals surface area contributed by atoms with E-state index in [0.29, 0.717) is 30.1 Å². The van der Waals surface area contributed by atoms with Gasteiger partial charge in [0.1, 0.15) is 23.7 Å². The van der Waals surface area contributed by atoms with Gasteiger partial charge in [-0.1, -0.05) is 12.1 Å². The molecule has 1 amide bonds. The molecule has 0 fully saturated rings. The number of nitrogens with zero attached hydrogens (tertiary/aromatic N) is 4. The molecule has 2 heterocycles. The highest BCUT2D eigenvalue weighted by molar-refractivity contribution is 5.94. The first-order chi connectivity index (χ1) is 13.5. The number of methoxy groups -OCH3 is 1. The summed E-state index contributed by atoms with van der Waals surface area (Å²) in [5, 5.41) is 10.9. The fraction of sp³-hybridized carbons (Fsp3) is 0.300. The van der Waals surface area contributed by atoms with Crippen molar-refractivity contribution in [3.05, 3.63) is 53.7 Å². The zero-order valence-electron chi connectivity index (χ0n) is 16.3. The normalized spacial score (nSPS) is 10.7. The number of nitrogens with two attached hydrogens (primary N) is 1. The molecule has 3 N–H and O–H groups in total. The first-order valence-corrected chi connectivity index (χ1v) is 9.10. The second kappa shape index (κ2) is 8.51. The Morgan fingerprint density at radius 2 is 2.04 bits per heavy atom. The Morgan fingerprint density at radius 1 is 1.29 bits per heavy atom. The number of nitrogen functional groups attached to an aromatic ring is 1. The van der Waals surface area contributed by atoms with E-state index in [0.717, 1.165) is 29.2 Å². The lowest BCUT2D eigenvalue weighted by Gasteiger charge is -2.11. The van der Waals surface area contributed by atoms with Crippen molar-refractivity contribution in [1.29, 1.82) is 0 Å². The second-order valence-corrected chi connectivity index (χ2v) is 6.33. The molecule has 8 heteroatoms. The Kier molecular flexibility index (Phi) is 5.88. The number of hydrogen-bond acceptors (Lipinski definition) is 6. The fourth-order valence-electron chi connectivity index (χ4n) is 2.97. The SMILES string of the molecule is CCn1cnnc1CCNC(=O)c1ccc(-c2cc(OC)c(C)nc2N)cc1. The van der Waals surface area contributed by atoms with Gasteiger partial charge in [-0.3, -0.25) is 4.79 Å². The maximum Gasteiger partial charge on any atom is 0.251 e. The van der Waals surface area contributed by atoms with E-state index in [1.54, 1.807) is 25.6 Å². The third kappa shape index (κ3) is 4.11. The average Bonchev–Trinajstić information content (AvgIpc) is 3.16. The quantitative estimate of drug-likeness (QED) is 0.651. The number of nitrogens with one attached hydrogen (secondary N) is 1. The van der Waals surface area contributed by atoms with Crippen molar-refractivity contribution in [2.75, 3.05) is 19.4 Å². The van der Waals surface area contributed by atoms with E-state index in [4.69, 9.17) is 10.5 Å². The minimum atomic E-state index is -0.137. The van der Waals surface area contributed by atoms with E-state index in [1.807, 2.05) is 36.6 Å². The summed E-state index contributed by atoms with van der Waals surface area (Å²) in [6.07, 6.45) is 2.32. The predicted molar refractivity (Wildman–Crippen MR) is 107 cm³/mol. The van der Waals surface area contributed by atoms with Crippen LogP contribution in [0.25, 0.3) is 11.1 Å². The number of ether oxygens (including phenoxy) is 1. The van der Waals surface area contributed by atoms with E-state index in [9.17, 15) is 4.79 Å². The van der Waals surface area contributed by atoms with Crippen LogP contribution in [0.1, 0.15) is 28.8 Å². The zero-order chi connectivity index (χ0) is 20.1. The lowest BCUT2D eigenvalue weighted by atomic mass is 10.0. The summed E-state index contributed by atoms with van der Waals surface area (Å²) in [6, 6.07) is 9.10. The van der Waals surface area contributed by atoms with Crippen LogP contribution in [0, 0.1) is 6.92 Å². The van der Waals surface area contributed by atoms with Crippen LogP contribution < -0.4 is 15.8 Å². The van der Waals surface area contributed by atoms with Crippen LogP contribution >= 0.6 is 0 Å². The number of hydrogen-bond donors (Lipinski definition) is 2. The number of rotatable bonds is 7. The molecule has 0 spiro atoms. The number of amides is 1. The standard InChI is InChI=1S/C20H24N6O2/c1-4-26-12-23-25-18(26)9-10-22-20(27)15-7-5-14(6-8-15)16-11-17(28-3)13(2)24-19(16)21/h5-8,11-12H,4,9-10H2,1-3H3,(H2,21,24)(H,22,27). The van der Waals surface area contributed by atoms with Gasteiger partial charge in [0.2, 0.25) is 0 Å². The highest BCUT2D eigenvalue weighted by Crippen LogP contribution is 2.30. The molecule has 146 valence electrons. The van der Waals surface area contributed by atoms with E-state index in [1.165, 1.54) is 0 Å². The lowest BCUT2D eigenvalue weighted by Crippen LogP contribution is -2.26. The molecule has 0 aliphatic carbocycles. The van der Waals surface area contributed by atoms with Crippen LogP contribution in [0.2, 0.25) is 0 Å². The summed E-state index contributed by atoms with van der Waals surface area (Å²) in [6.45, 7) is 5.17. The highest BCUT2D eigenvalue weighted by atomic mass is 16.5. The number of aryl methyl sites for hydroxylation is 2. The molecule has 0 aliphatic rings. The molecule has 0 atom stereocenters. The molecule has 3 aromatic rings. The molecule has 0 bridgehead atoms. The van der Waals surface area contributed by atoms with Crippen molar-refractivity contribution in [3.8, 4) is 16.9 Å². The summed E-state index contributed by atoms with van der Waals surface area (Å²) < 4.78 is 7.28. The van der Waals surface area contributed by atoms with Crippen molar-refractivity contribution in [2.24, 2.45) is 0 Å². The number of carbonyl (C=O) groups is 1. The van der Waals surface area contributed by atoms with E-state index >= 15 is 0 Å². The third-order valence-corrected chi connectivity index (χ3v) is 4.54. The Hall–Kier alpha value is -3.42. The third-order valence-electron chi connectivity index (χ3n) is 4.54. The van der Waals surface area contributed by atoms with Crippen molar-refractivity contribution in [1.82, 2.24) is 25.1 Å². The maximum atomic E-state index is 12.4. The lowest BCUT2D eigenvalue weighted by molar-refractivity contribution is 0.0954. The number of carbonyl (C=O) groups excluding carboxylic acids is 1. The molecular formula is C20H24N6O2. The van der Waals surface area contributed by atoms with Gasteiger partial charge in [0.15, 0.2) is 0 Å². The van der Waals surface area contributed by atoms with Crippen molar-refractivity contribution in [3.63, 3.8) is 0 Å². The number of pyridine rings is 1. The van der Waals surface area contributed by atoms with Gasteiger partial charge in [-0.15, -0.1) is 10.2 Å². The summed E-state index contributed by atoms with van der Waals surface area (Å²) in [4.78, 5) is 16.7. The molecule has 1 aromatic carbocycles. The minimum Gasteiger partial charge on any atom is -0.495 e. The van der Waals surface area contributed by atoms with Gasteiger partial charge in [0.05, 0.1) is 12.8 Å². The molecule has 0 unspecified atom stereocenters. The fourth-order valence-corrected chi connectivity index (χ4v) is 2.97. The van der Waals surface area contributed by atoms with Gasteiger partial charge in [-0.25, -0.2) is 4.98 Å². The topological polar surface area (TPSA) is 108 Å². The highest BCUT2D eigenvalue weighted by Gasteiger charge is 2.11. The van der Waals surface area contributed by atoms with E-state index < -0.39 is 0 Å². The smallest absolute Gasteiger partial charge is 0.251 e. The average molecular weight is 380 g/mol. The van der Waals surface area contributed by atoms with Crippen LogP contribution in [-0.4, -0.2) is 39.3 Å². The van der Waals surface area contributed by atoms with Crippen molar-refractivity contribution in [2.45, 2.75) is 26.8 Å². The Balaban J connectivity index is 1.66. The first-order valence-electron chi connectivity index (χ1n) is 9.10. The number of aromatic nitrogens is 4. The zero-order valence-corrected chi connectivity index (χ0v) is 16.3. The largest absolute Gasteiger partial charge is 0.495 e. The Bertz CT molecular complexity index is 965. The summed E-state index contributed by atoms with van der Waals surface area (Å²) in [5.41, 5.74) is 9.00. The molecule has 0 aliphatic heterocycles. The maximum absolute atomic E-state index is 12.4. The van der Waals surface area contributed by atoms with Crippen molar-refractivity contribution >= 4 is 11.7 Å². The number of anilines is 1. The first kappa shape index (κ1) is 19.3. The predicted octanol–water partition coefficient (Wildman–Crippen LogP) is 2.23. The van der Waals surface area contributed by atoms with E-state index in [-0.39, 0.29) is 5.91 Å². The molecule has 28 heavy (non-hydrogen) atoms.